The summed E-state index contributed by atoms with van der Waals surface area (Å²) in [6.07, 6.45) is 2.66. The van der Waals surface area contributed by atoms with E-state index in [4.69, 9.17) is 0 Å². The number of nitrogens with one attached hydrogen (secondary N) is 1. The number of carboxylic acid groups (broad SMARTS) is 1. The van der Waals surface area contributed by atoms with Crippen LogP contribution in [0.1, 0.15) is 32.6 Å². The maximum Gasteiger partial charge on any atom is 0.323 e. The first-order chi connectivity index (χ1) is 9.73. The van der Waals surface area contributed by atoms with E-state index >= 15 is 0 Å². The number of nitrogens with zero attached hydrogens (tertiary/aromatic N) is 1. The van der Waals surface area contributed by atoms with Crippen LogP contribution in [0.5, 0.6) is 0 Å². The third-order valence-corrected chi connectivity index (χ3v) is 6.20. The van der Waals surface area contributed by atoms with Crippen molar-refractivity contribution in [1.82, 2.24) is 10.2 Å². The average Bonchev–Trinajstić information content (AvgIpc) is 2.71. The number of likely N-dealkylation sites (tertiary alicyclic amines) is 1. The largest absolute Gasteiger partial charge is 0.480 e. The Morgan fingerprint density at radius 2 is 2.10 bits per heavy atom. The van der Waals surface area contributed by atoms with E-state index in [0.29, 0.717) is 19.4 Å². The Bertz CT molecular complexity index is 533. The van der Waals surface area contributed by atoms with Crippen LogP contribution in [0.3, 0.4) is 0 Å². The lowest BCUT2D eigenvalue weighted by molar-refractivity contribution is -0.153. The quantitative estimate of drug-likeness (QED) is 0.732. The highest BCUT2D eigenvalue weighted by Crippen LogP contribution is 2.27. The lowest BCUT2D eigenvalue weighted by Crippen LogP contribution is -2.58. The van der Waals surface area contributed by atoms with Gasteiger partial charge in [0.1, 0.15) is 5.54 Å². The van der Waals surface area contributed by atoms with E-state index in [1.807, 2.05) is 0 Å². The lowest BCUT2D eigenvalue weighted by Gasteiger charge is -2.41. The third-order valence-electron chi connectivity index (χ3n) is 4.43. The summed E-state index contributed by atoms with van der Waals surface area (Å²) in [6, 6.07) is -0.344. The zero-order valence-corrected chi connectivity index (χ0v) is 13.0. The Labute approximate surface area is 124 Å². The van der Waals surface area contributed by atoms with Crippen molar-refractivity contribution in [2.24, 2.45) is 0 Å². The Morgan fingerprint density at radius 1 is 1.38 bits per heavy atom. The topological polar surface area (TPSA) is 104 Å². The van der Waals surface area contributed by atoms with Crippen LogP contribution >= 0.6 is 0 Å². The molecule has 8 heteroatoms. The smallest absolute Gasteiger partial charge is 0.323 e. The molecule has 2 rings (SSSR count). The van der Waals surface area contributed by atoms with Crippen LogP contribution in [-0.4, -0.2) is 66.5 Å². The molecule has 1 amide bonds. The molecule has 2 atom stereocenters. The molecule has 2 heterocycles. The van der Waals surface area contributed by atoms with Gasteiger partial charge in [0, 0.05) is 6.04 Å². The molecule has 0 saturated carbocycles. The fourth-order valence-electron chi connectivity index (χ4n) is 3.03. The molecule has 2 aliphatic rings. The van der Waals surface area contributed by atoms with Crippen LogP contribution in [0.15, 0.2) is 0 Å². The Morgan fingerprint density at radius 3 is 2.67 bits per heavy atom. The van der Waals surface area contributed by atoms with Gasteiger partial charge in [0.2, 0.25) is 5.91 Å². The van der Waals surface area contributed by atoms with E-state index in [2.05, 4.69) is 5.32 Å². The van der Waals surface area contributed by atoms with Gasteiger partial charge < -0.3 is 10.4 Å². The summed E-state index contributed by atoms with van der Waals surface area (Å²) in [4.78, 5) is 25.2. The molecule has 2 N–H and O–H groups in total. The van der Waals surface area contributed by atoms with Crippen molar-refractivity contribution in [3.05, 3.63) is 0 Å². The molecular weight excluding hydrogens is 296 g/mol. The van der Waals surface area contributed by atoms with Crippen LogP contribution < -0.4 is 5.32 Å². The van der Waals surface area contributed by atoms with Crippen molar-refractivity contribution in [3.8, 4) is 0 Å². The number of rotatable bonds is 4. The number of amides is 1. The SMILES string of the molecule is CC1(C(=O)O)CCCCN1CC(=O)NC1CCS(=O)(=O)C1. The van der Waals surface area contributed by atoms with Gasteiger partial charge in [-0.2, -0.15) is 0 Å². The van der Waals surface area contributed by atoms with E-state index in [1.54, 1.807) is 11.8 Å². The first kappa shape index (κ1) is 16.2. The summed E-state index contributed by atoms with van der Waals surface area (Å²) in [5.74, 6) is -1.13. The number of hydrogen-bond donors (Lipinski definition) is 2. The highest BCUT2D eigenvalue weighted by atomic mass is 32.2. The molecule has 0 aromatic carbocycles. The molecule has 2 saturated heterocycles. The molecule has 0 spiro atoms. The molecule has 7 nitrogen and oxygen atoms in total. The Hall–Kier alpha value is -1.15. The predicted molar refractivity (Wildman–Crippen MR) is 76.7 cm³/mol. The normalized spacial score (nSPS) is 32.7. The van der Waals surface area contributed by atoms with Gasteiger partial charge in [-0.1, -0.05) is 0 Å². The number of carbonyl (C=O) groups excluding carboxylic acids is 1. The second-order valence-corrected chi connectivity index (χ2v) is 8.35. The van der Waals surface area contributed by atoms with Crippen LogP contribution in [0.4, 0.5) is 0 Å². The minimum Gasteiger partial charge on any atom is -0.480 e. The second-order valence-electron chi connectivity index (χ2n) is 6.13. The van der Waals surface area contributed by atoms with Gasteiger partial charge in [0.05, 0.1) is 18.1 Å². The van der Waals surface area contributed by atoms with Crippen molar-refractivity contribution in [3.63, 3.8) is 0 Å². The minimum absolute atomic E-state index is 0.000647. The van der Waals surface area contributed by atoms with E-state index < -0.39 is 21.3 Å². The highest BCUT2D eigenvalue weighted by molar-refractivity contribution is 7.91. The number of carboxylic acids is 1. The van der Waals surface area contributed by atoms with E-state index in [0.717, 1.165) is 12.8 Å². The van der Waals surface area contributed by atoms with Gasteiger partial charge in [-0.3, -0.25) is 14.5 Å². The maximum absolute atomic E-state index is 12.0. The molecular formula is C13H22N2O5S. The zero-order chi connectivity index (χ0) is 15.7. The van der Waals surface area contributed by atoms with Crippen molar-refractivity contribution >= 4 is 21.7 Å². The molecule has 21 heavy (non-hydrogen) atoms. The van der Waals surface area contributed by atoms with Gasteiger partial charge in [0.15, 0.2) is 9.84 Å². The molecule has 0 aliphatic carbocycles. The molecule has 2 unspecified atom stereocenters. The lowest BCUT2D eigenvalue weighted by atomic mass is 9.88. The van der Waals surface area contributed by atoms with E-state index in [-0.39, 0.29) is 30.0 Å². The number of piperidine rings is 1. The van der Waals surface area contributed by atoms with Crippen LogP contribution in [0.2, 0.25) is 0 Å². The molecule has 2 fully saturated rings. The molecule has 0 aromatic rings. The summed E-state index contributed by atoms with van der Waals surface area (Å²) < 4.78 is 22.7. The fourth-order valence-corrected chi connectivity index (χ4v) is 4.70. The number of aliphatic carboxylic acids is 1. The summed E-state index contributed by atoms with van der Waals surface area (Å²) in [6.45, 7) is 2.21. The summed E-state index contributed by atoms with van der Waals surface area (Å²) in [7, 11) is -3.03. The Balaban J connectivity index is 1.93. The highest BCUT2D eigenvalue weighted by Gasteiger charge is 2.42. The molecule has 0 radical (unpaired) electrons. The van der Waals surface area contributed by atoms with E-state index in [9.17, 15) is 23.1 Å². The molecule has 0 aromatic heterocycles. The van der Waals surface area contributed by atoms with Gasteiger partial charge in [0.25, 0.3) is 0 Å². The second kappa shape index (κ2) is 5.92. The van der Waals surface area contributed by atoms with Crippen LogP contribution in [-0.2, 0) is 19.4 Å². The zero-order valence-electron chi connectivity index (χ0n) is 12.2. The van der Waals surface area contributed by atoms with Gasteiger partial charge in [-0.25, -0.2) is 8.42 Å². The first-order valence-electron chi connectivity index (χ1n) is 7.21. The Kier molecular flexibility index (Phi) is 4.57. The molecule has 120 valence electrons. The van der Waals surface area contributed by atoms with Crippen molar-refractivity contribution in [2.75, 3.05) is 24.6 Å². The molecule has 0 bridgehead atoms. The summed E-state index contributed by atoms with van der Waals surface area (Å²) in [5.41, 5.74) is -1.02. The monoisotopic (exact) mass is 318 g/mol. The minimum atomic E-state index is -3.03. The van der Waals surface area contributed by atoms with Crippen LogP contribution in [0, 0.1) is 0 Å². The van der Waals surface area contributed by atoms with E-state index in [1.165, 1.54) is 0 Å². The van der Waals surface area contributed by atoms with Crippen molar-refractivity contribution in [2.45, 2.75) is 44.2 Å². The third kappa shape index (κ3) is 3.74. The van der Waals surface area contributed by atoms with Gasteiger partial charge in [-0.05, 0) is 39.2 Å². The first-order valence-corrected chi connectivity index (χ1v) is 9.03. The van der Waals surface area contributed by atoms with Crippen LogP contribution in [0.25, 0.3) is 0 Å². The standard InChI is InChI=1S/C13H22N2O5S/c1-13(12(17)18)5-2-3-6-15(13)8-11(16)14-10-4-7-21(19,20)9-10/h10H,2-9H2,1H3,(H,14,16)(H,17,18). The fraction of sp³-hybridized carbons (Fsp3) is 0.846. The van der Waals surface area contributed by atoms with Crippen molar-refractivity contribution < 1.29 is 23.1 Å². The number of hydrogen-bond acceptors (Lipinski definition) is 5. The van der Waals surface area contributed by atoms with Gasteiger partial charge in [-0.15, -0.1) is 0 Å². The molecule has 2 aliphatic heterocycles. The van der Waals surface area contributed by atoms with Crippen molar-refractivity contribution in [1.29, 1.82) is 0 Å². The average molecular weight is 318 g/mol. The summed E-state index contributed by atoms with van der Waals surface area (Å²) in [5, 5.41) is 12.1. The number of sulfone groups is 1. The predicted octanol–water partition coefficient (Wildman–Crippen LogP) is -0.381. The maximum atomic E-state index is 12.0. The van der Waals surface area contributed by atoms with Gasteiger partial charge >= 0.3 is 5.97 Å². The number of carbonyl (C=O) groups is 2. The summed E-state index contributed by atoms with van der Waals surface area (Å²) >= 11 is 0.